The van der Waals surface area contributed by atoms with E-state index in [1.165, 1.54) is 0 Å². The maximum Gasteiger partial charge on any atom is 0.250 e. The Morgan fingerprint density at radius 3 is 2.84 bits per heavy atom. The molecule has 1 aromatic rings. The molecule has 1 amide bonds. The van der Waals surface area contributed by atoms with Gasteiger partial charge in [-0.15, -0.1) is 12.4 Å². The van der Waals surface area contributed by atoms with E-state index in [4.69, 9.17) is 4.74 Å². The molecule has 0 saturated carbocycles. The SMILES string of the molecule is Cl.O=C(NCC(O)c1ccccc1)C1CNCCO1. The van der Waals surface area contributed by atoms with Gasteiger partial charge in [0.15, 0.2) is 0 Å². The van der Waals surface area contributed by atoms with Crippen molar-refractivity contribution in [2.45, 2.75) is 12.2 Å². The van der Waals surface area contributed by atoms with Crippen LogP contribution in [0.25, 0.3) is 0 Å². The van der Waals surface area contributed by atoms with E-state index in [2.05, 4.69) is 10.6 Å². The van der Waals surface area contributed by atoms with Gasteiger partial charge in [0.2, 0.25) is 0 Å². The number of nitrogens with one attached hydrogen (secondary N) is 2. The van der Waals surface area contributed by atoms with E-state index in [0.717, 1.165) is 12.1 Å². The molecule has 3 N–H and O–H groups in total. The second kappa shape index (κ2) is 8.12. The van der Waals surface area contributed by atoms with Crippen molar-refractivity contribution < 1.29 is 14.6 Å². The highest BCUT2D eigenvalue weighted by molar-refractivity contribution is 5.85. The number of ether oxygens (including phenoxy) is 1. The van der Waals surface area contributed by atoms with Crippen molar-refractivity contribution in [3.63, 3.8) is 0 Å². The fourth-order valence-corrected chi connectivity index (χ4v) is 1.84. The number of carbonyl (C=O) groups is 1. The first-order chi connectivity index (χ1) is 8.77. The predicted molar refractivity (Wildman–Crippen MR) is 74.3 cm³/mol. The Bertz CT molecular complexity index is 383. The summed E-state index contributed by atoms with van der Waals surface area (Å²) in [7, 11) is 0. The molecule has 2 rings (SSSR count). The maximum absolute atomic E-state index is 11.7. The molecule has 1 aromatic carbocycles. The summed E-state index contributed by atoms with van der Waals surface area (Å²) in [5.41, 5.74) is 0.792. The number of halogens is 1. The number of rotatable bonds is 4. The van der Waals surface area contributed by atoms with Crippen molar-refractivity contribution in [2.24, 2.45) is 0 Å². The zero-order valence-electron chi connectivity index (χ0n) is 10.5. The van der Waals surface area contributed by atoms with E-state index in [1.54, 1.807) is 0 Å². The van der Waals surface area contributed by atoms with Crippen LogP contribution in [0.2, 0.25) is 0 Å². The summed E-state index contributed by atoms with van der Waals surface area (Å²) in [4.78, 5) is 11.7. The van der Waals surface area contributed by atoms with Crippen LogP contribution in [-0.2, 0) is 9.53 Å². The Hall–Kier alpha value is -1.14. The second-order valence-corrected chi connectivity index (χ2v) is 4.24. The highest BCUT2D eigenvalue weighted by Crippen LogP contribution is 2.10. The molecule has 0 spiro atoms. The first-order valence-corrected chi connectivity index (χ1v) is 6.10. The molecule has 1 heterocycles. The normalized spacial score (nSPS) is 20.2. The lowest BCUT2D eigenvalue weighted by Gasteiger charge is -2.23. The average molecular weight is 287 g/mol. The van der Waals surface area contributed by atoms with E-state index < -0.39 is 12.2 Å². The van der Waals surface area contributed by atoms with Crippen LogP contribution in [0.5, 0.6) is 0 Å². The fraction of sp³-hybridized carbons (Fsp3) is 0.462. The number of morpholine rings is 1. The Labute approximate surface area is 118 Å². The number of benzene rings is 1. The Balaban J connectivity index is 0.00000180. The number of carbonyl (C=O) groups excluding carboxylic acids is 1. The lowest BCUT2D eigenvalue weighted by atomic mass is 10.1. The van der Waals surface area contributed by atoms with E-state index in [-0.39, 0.29) is 24.9 Å². The maximum atomic E-state index is 11.7. The zero-order valence-corrected chi connectivity index (χ0v) is 11.4. The van der Waals surface area contributed by atoms with E-state index in [1.807, 2.05) is 30.3 Å². The number of hydrogen-bond donors (Lipinski definition) is 3. The molecular weight excluding hydrogens is 268 g/mol. The average Bonchev–Trinajstić information content (AvgIpc) is 2.46. The van der Waals surface area contributed by atoms with Gasteiger partial charge in [-0.2, -0.15) is 0 Å². The molecule has 0 bridgehead atoms. The third-order valence-electron chi connectivity index (χ3n) is 2.87. The number of aliphatic hydroxyl groups is 1. The highest BCUT2D eigenvalue weighted by atomic mass is 35.5. The van der Waals surface area contributed by atoms with Crippen LogP contribution >= 0.6 is 12.4 Å². The molecule has 1 fully saturated rings. The summed E-state index contributed by atoms with van der Waals surface area (Å²) >= 11 is 0. The quantitative estimate of drug-likeness (QED) is 0.742. The minimum Gasteiger partial charge on any atom is -0.387 e. The second-order valence-electron chi connectivity index (χ2n) is 4.24. The van der Waals surface area contributed by atoms with Crippen LogP contribution in [0.1, 0.15) is 11.7 Å². The number of aliphatic hydroxyl groups excluding tert-OH is 1. The molecule has 0 aliphatic carbocycles. The van der Waals surface area contributed by atoms with Crippen LogP contribution in [-0.4, -0.2) is 43.4 Å². The molecule has 6 heteroatoms. The molecule has 2 atom stereocenters. The van der Waals surface area contributed by atoms with Crippen molar-refractivity contribution in [3.05, 3.63) is 35.9 Å². The van der Waals surface area contributed by atoms with Gasteiger partial charge in [-0.05, 0) is 5.56 Å². The minimum absolute atomic E-state index is 0. The van der Waals surface area contributed by atoms with Crippen molar-refractivity contribution in [1.29, 1.82) is 0 Å². The first-order valence-electron chi connectivity index (χ1n) is 6.10. The molecule has 0 radical (unpaired) electrons. The smallest absolute Gasteiger partial charge is 0.250 e. The number of hydrogen-bond acceptors (Lipinski definition) is 4. The van der Waals surface area contributed by atoms with Gasteiger partial charge < -0.3 is 20.5 Å². The van der Waals surface area contributed by atoms with Gasteiger partial charge in [0.1, 0.15) is 6.10 Å². The summed E-state index contributed by atoms with van der Waals surface area (Å²) in [5, 5.41) is 15.7. The van der Waals surface area contributed by atoms with E-state index in [9.17, 15) is 9.90 Å². The van der Waals surface area contributed by atoms with Gasteiger partial charge in [0, 0.05) is 19.6 Å². The van der Waals surface area contributed by atoms with E-state index >= 15 is 0 Å². The van der Waals surface area contributed by atoms with Gasteiger partial charge in [-0.25, -0.2) is 0 Å². The van der Waals surface area contributed by atoms with Crippen molar-refractivity contribution in [3.8, 4) is 0 Å². The van der Waals surface area contributed by atoms with Crippen molar-refractivity contribution >= 4 is 18.3 Å². The Morgan fingerprint density at radius 1 is 1.47 bits per heavy atom. The number of amides is 1. The minimum atomic E-state index is -0.688. The molecule has 106 valence electrons. The lowest BCUT2D eigenvalue weighted by molar-refractivity contribution is -0.134. The largest absolute Gasteiger partial charge is 0.387 e. The summed E-state index contributed by atoms with van der Waals surface area (Å²) < 4.78 is 5.32. The molecule has 1 saturated heterocycles. The molecule has 5 nitrogen and oxygen atoms in total. The monoisotopic (exact) mass is 286 g/mol. The fourth-order valence-electron chi connectivity index (χ4n) is 1.84. The molecular formula is C13H19ClN2O3. The standard InChI is InChI=1S/C13H18N2O3.ClH/c16-11(10-4-2-1-3-5-10)8-15-13(17)12-9-14-6-7-18-12;/h1-5,11-12,14,16H,6-9H2,(H,15,17);1H. The van der Waals surface area contributed by atoms with Gasteiger partial charge in [-0.1, -0.05) is 30.3 Å². The third kappa shape index (κ3) is 4.80. The van der Waals surface area contributed by atoms with Gasteiger partial charge in [0.25, 0.3) is 5.91 Å². The van der Waals surface area contributed by atoms with Crippen LogP contribution in [0.3, 0.4) is 0 Å². The summed E-state index contributed by atoms with van der Waals surface area (Å²) in [6.45, 7) is 2.03. The lowest BCUT2D eigenvalue weighted by Crippen LogP contribution is -2.48. The molecule has 2 unspecified atom stereocenters. The molecule has 19 heavy (non-hydrogen) atoms. The highest BCUT2D eigenvalue weighted by Gasteiger charge is 2.22. The molecule has 1 aliphatic heterocycles. The Morgan fingerprint density at radius 2 is 2.21 bits per heavy atom. The summed E-state index contributed by atoms with van der Waals surface area (Å²) in [6.07, 6.45) is -1.14. The molecule has 1 aliphatic rings. The summed E-state index contributed by atoms with van der Waals surface area (Å²) in [6, 6.07) is 9.25. The van der Waals surface area contributed by atoms with Crippen molar-refractivity contribution in [2.75, 3.05) is 26.2 Å². The van der Waals surface area contributed by atoms with E-state index in [0.29, 0.717) is 13.2 Å². The van der Waals surface area contributed by atoms with Crippen molar-refractivity contribution in [1.82, 2.24) is 10.6 Å². The van der Waals surface area contributed by atoms with Crippen LogP contribution in [0.4, 0.5) is 0 Å². The summed E-state index contributed by atoms with van der Waals surface area (Å²) in [5.74, 6) is -0.183. The van der Waals surface area contributed by atoms with Crippen LogP contribution in [0.15, 0.2) is 30.3 Å². The first kappa shape index (κ1) is 15.9. The van der Waals surface area contributed by atoms with Gasteiger partial charge in [0.05, 0.1) is 12.7 Å². The topological polar surface area (TPSA) is 70.6 Å². The third-order valence-corrected chi connectivity index (χ3v) is 2.87. The van der Waals surface area contributed by atoms with Crippen LogP contribution < -0.4 is 10.6 Å². The van der Waals surface area contributed by atoms with Crippen LogP contribution in [0, 0.1) is 0 Å². The van der Waals surface area contributed by atoms with Gasteiger partial charge in [-0.3, -0.25) is 4.79 Å². The predicted octanol–water partition coefficient (Wildman–Crippen LogP) is 0.246. The van der Waals surface area contributed by atoms with Gasteiger partial charge >= 0.3 is 0 Å². The molecule has 0 aromatic heterocycles. The zero-order chi connectivity index (χ0) is 12.8. The Kier molecular flexibility index (Phi) is 6.80.